The van der Waals surface area contributed by atoms with Crippen LogP contribution in [-0.4, -0.2) is 67.6 Å². The van der Waals surface area contributed by atoms with Crippen LogP contribution in [0.2, 0.25) is 0 Å². The Hall–Kier alpha value is -3.17. The lowest BCUT2D eigenvalue weighted by Gasteiger charge is -2.40. The molecule has 0 spiro atoms. The van der Waals surface area contributed by atoms with Gasteiger partial charge in [-0.3, -0.25) is 14.5 Å². The van der Waals surface area contributed by atoms with Crippen molar-refractivity contribution in [2.75, 3.05) is 33.6 Å². The number of ether oxygens (including phenoxy) is 3. The molecule has 2 aromatic rings. The molecular formula is C24H25FN2O6. The maximum Gasteiger partial charge on any atom is 0.260 e. The Morgan fingerprint density at radius 1 is 1.24 bits per heavy atom. The minimum Gasteiger partial charge on any atom is -0.493 e. The molecule has 33 heavy (non-hydrogen) atoms. The molecule has 1 fully saturated rings. The number of halogens is 1. The Labute approximate surface area is 190 Å². The third-order valence-electron chi connectivity index (χ3n) is 6.43. The van der Waals surface area contributed by atoms with Crippen LogP contribution < -0.4 is 14.8 Å². The minimum absolute atomic E-state index is 0.0255. The lowest BCUT2D eigenvalue weighted by atomic mass is 9.94. The molecule has 0 aliphatic carbocycles. The van der Waals surface area contributed by atoms with Crippen LogP contribution in [-0.2, 0) is 17.6 Å². The fourth-order valence-electron chi connectivity index (χ4n) is 4.76. The quantitative estimate of drug-likeness (QED) is 0.726. The number of fused-ring (bicyclic) bond motifs is 3. The molecule has 0 aromatic heterocycles. The summed E-state index contributed by atoms with van der Waals surface area (Å²) < 4.78 is 31.6. The number of hydrogen-bond acceptors (Lipinski definition) is 6. The van der Waals surface area contributed by atoms with E-state index in [4.69, 9.17) is 14.2 Å². The number of rotatable bonds is 4. The summed E-state index contributed by atoms with van der Waals surface area (Å²) in [5, 5.41) is 12.8. The van der Waals surface area contributed by atoms with Gasteiger partial charge in [-0.25, -0.2) is 4.39 Å². The predicted molar refractivity (Wildman–Crippen MR) is 115 cm³/mol. The van der Waals surface area contributed by atoms with Gasteiger partial charge in [0, 0.05) is 32.1 Å². The molecule has 5 rings (SSSR count). The van der Waals surface area contributed by atoms with Crippen molar-refractivity contribution in [2.45, 2.75) is 31.4 Å². The van der Waals surface area contributed by atoms with E-state index in [2.05, 4.69) is 5.32 Å². The maximum absolute atomic E-state index is 14.5. The second-order valence-corrected chi connectivity index (χ2v) is 8.44. The molecule has 0 unspecified atom stereocenters. The second kappa shape index (κ2) is 8.64. The molecule has 0 saturated carbocycles. The van der Waals surface area contributed by atoms with Gasteiger partial charge in [0.25, 0.3) is 11.8 Å². The molecule has 0 bridgehead atoms. The number of aliphatic hydroxyl groups is 1. The van der Waals surface area contributed by atoms with Crippen LogP contribution >= 0.6 is 0 Å². The van der Waals surface area contributed by atoms with E-state index in [0.717, 1.165) is 11.1 Å². The van der Waals surface area contributed by atoms with Crippen molar-refractivity contribution >= 4 is 11.8 Å². The molecule has 2 atom stereocenters. The van der Waals surface area contributed by atoms with E-state index >= 15 is 0 Å². The van der Waals surface area contributed by atoms with Crippen molar-refractivity contribution in [3.63, 3.8) is 0 Å². The van der Waals surface area contributed by atoms with Gasteiger partial charge in [0.2, 0.25) is 0 Å². The van der Waals surface area contributed by atoms with Crippen LogP contribution in [0.4, 0.5) is 4.39 Å². The summed E-state index contributed by atoms with van der Waals surface area (Å²) in [6.07, 6.45) is 0.701. The van der Waals surface area contributed by atoms with Crippen molar-refractivity contribution in [3.8, 4) is 11.5 Å². The number of nitrogens with zero attached hydrogens (tertiary/aromatic N) is 1. The largest absolute Gasteiger partial charge is 0.493 e. The van der Waals surface area contributed by atoms with E-state index in [9.17, 15) is 19.1 Å². The van der Waals surface area contributed by atoms with Gasteiger partial charge in [0.05, 0.1) is 36.5 Å². The first-order valence-corrected chi connectivity index (χ1v) is 11.0. The Bertz CT molecular complexity index is 1120. The molecule has 174 valence electrons. The molecule has 2 amide bonds. The highest BCUT2D eigenvalue weighted by molar-refractivity contribution is 5.99. The van der Waals surface area contributed by atoms with E-state index in [1.165, 1.54) is 19.2 Å². The van der Waals surface area contributed by atoms with Crippen LogP contribution in [0.1, 0.15) is 43.8 Å². The predicted octanol–water partition coefficient (Wildman–Crippen LogP) is 1.65. The second-order valence-electron chi connectivity index (χ2n) is 8.44. The van der Waals surface area contributed by atoms with Gasteiger partial charge < -0.3 is 24.6 Å². The van der Waals surface area contributed by atoms with Crippen molar-refractivity contribution in [1.82, 2.24) is 10.2 Å². The standard InChI is InChI=1S/C24H25FN2O6/c1-26-23(29)15-3-2-13(9-18(15)25)8-14-10-17-22(16-4-7-32-21(14)16)33-12-27(24(17)30)19-5-6-31-11-20(19)28/h2-3,9-10,19-20,28H,4-8,11-12H2,1H3,(H,26,29)/t19-,20-/m0/s1. The maximum atomic E-state index is 14.5. The van der Waals surface area contributed by atoms with Crippen molar-refractivity contribution in [2.24, 2.45) is 0 Å². The van der Waals surface area contributed by atoms with Crippen molar-refractivity contribution in [1.29, 1.82) is 0 Å². The van der Waals surface area contributed by atoms with E-state index in [1.807, 2.05) is 0 Å². The summed E-state index contributed by atoms with van der Waals surface area (Å²) in [5.41, 5.74) is 2.63. The first-order chi connectivity index (χ1) is 16.0. The molecule has 9 heteroatoms. The number of aliphatic hydroxyl groups excluding tert-OH is 1. The molecule has 3 heterocycles. The van der Waals surface area contributed by atoms with Gasteiger partial charge >= 0.3 is 0 Å². The summed E-state index contributed by atoms with van der Waals surface area (Å²) in [6.45, 7) is 1.19. The Kier molecular flexibility index (Phi) is 5.67. The van der Waals surface area contributed by atoms with E-state index < -0.39 is 17.8 Å². The number of hydrogen-bond donors (Lipinski definition) is 2. The van der Waals surface area contributed by atoms with Gasteiger partial charge in [0.15, 0.2) is 6.73 Å². The first-order valence-electron chi connectivity index (χ1n) is 11.0. The normalized spacial score (nSPS) is 21.7. The average molecular weight is 456 g/mol. The Morgan fingerprint density at radius 2 is 2.09 bits per heavy atom. The number of carbonyl (C=O) groups excluding carboxylic acids is 2. The summed E-state index contributed by atoms with van der Waals surface area (Å²) >= 11 is 0. The monoisotopic (exact) mass is 456 g/mol. The van der Waals surface area contributed by atoms with Gasteiger partial charge in [-0.15, -0.1) is 0 Å². The molecule has 1 saturated heterocycles. The molecule has 2 N–H and O–H groups in total. The van der Waals surface area contributed by atoms with Crippen molar-refractivity contribution in [3.05, 3.63) is 57.9 Å². The summed E-state index contributed by atoms with van der Waals surface area (Å²) in [4.78, 5) is 26.8. The fourth-order valence-corrected chi connectivity index (χ4v) is 4.76. The minimum atomic E-state index is -0.771. The zero-order valence-electron chi connectivity index (χ0n) is 18.2. The molecule has 8 nitrogen and oxygen atoms in total. The van der Waals surface area contributed by atoms with Crippen LogP contribution in [0.15, 0.2) is 24.3 Å². The van der Waals surface area contributed by atoms with Crippen LogP contribution in [0.25, 0.3) is 0 Å². The highest BCUT2D eigenvalue weighted by Crippen LogP contribution is 2.43. The molecular weight excluding hydrogens is 431 g/mol. The third-order valence-corrected chi connectivity index (χ3v) is 6.43. The third kappa shape index (κ3) is 3.81. The number of nitrogens with one attached hydrogen (secondary N) is 1. The highest BCUT2D eigenvalue weighted by Gasteiger charge is 2.39. The van der Waals surface area contributed by atoms with Gasteiger partial charge in [0.1, 0.15) is 17.3 Å². The number of benzene rings is 2. The van der Waals surface area contributed by atoms with Crippen LogP contribution in [0, 0.1) is 5.82 Å². The van der Waals surface area contributed by atoms with Gasteiger partial charge in [-0.05, 0) is 35.7 Å². The van der Waals surface area contributed by atoms with Crippen LogP contribution in [0.5, 0.6) is 11.5 Å². The van der Waals surface area contributed by atoms with E-state index in [-0.39, 0.29) is 30.9 Å². The number of amides is 2. The van der Waals surface area contributed by atoms with E-state index in [1.54, 1.807) is 17.0 Å². The zero-order valence-corrected chi connectivity index (χ0v) is 18.2. The summed E-state index contributed by atoms with van der Waals surface area (Å²) in [6, 6.07) is 5.83. The molecule has 0 radical (unpaired) electrons. The SMILES string of the molecule is CNC(=O)c1ccc(Cc2cc3c(c4c2OCC4)OCN([C@H]2CCOC[C@@H]2O)C3=O)cc1F. The topological polar surface area (TPSA) is 97.3 Å². The lowest BCUT2D eigenvalue weighted by molar-refractivity contribution is -0.0714. The zero-order chi connectivity index (χ0) is 23.1. The van der Waals surface area contributed by atoms with Crippen molar-refractivity contribution < 1.29 is 33.3 Å². The van der Waals surface area contributed by atoms with Gasteiger partial charge in [-0.1, -0.05) is 6.07 Å². The highest BCUT2D eigenvalue weighted by atomic mass is 19.1. The molecule has 3 aliphatic heterocycles. The molecule has 2 aromatic carbocycles. The summed E-state index contributed by atoms with van der Waals surface area (Å²) in [5.74, 6) is -0.122. The lowest BCUT2D eigenvalue weighted by Crippen LogP contribution is -2.54. The van der Waals surface area contributed by atoms with E-state index in [0.29, 0.717) is 55.1 Å². The number of carbonyl (C=O) groups is 2. The van der Waals surface area contributed by atoms with Crippen LogP contribution in [0.3, 0.4) is 0 Å². The smallest absolute Gasteiger partial charge is 0.260 e. The fraction of sp³-hybridized carbons (Fsp3) is 0.417. The Balaban J connectivity index is 1.48. The van der Waals surface area contributed by atoms with Gasteiger partial charge in [-0.2, -0.15) is 0 Å². The first kappa shape index (κ1) is 21.7. The molecule has 3 aliphatic rings. The Morgan fingerprint density at radius 3 is 2.85 bits per heavy atom. The average Bonchev–Trinajstić information content (AvgIpc) is 3.31. The summed E-state index contributed by atoms with van der Waals surface area (Å²) in [7, 11) is 1.45.